The van der Waals surface area contributed by atoms with Crippen LogP contribution in [0.5, 0.6) is 0 Å². The van der Waals surface area contributed by atoms with E-state index in [-0.39, 0.29) is 5.91 Å². The van der Waals surface area contributed by atoms with Gasteiger partial charge in [0, 0.05) is 30.5 Å². The Bertz CT molecular complexity index is 640. The van der Waals surface area contributed by atoms with Gasteiger partial charge in [0.05, 0.1) is 0 Å². The van der Waals surface area contributed by atoms with E-state index in [0.29, 0.717) is 11.3 Å². The molecule has 1 heterocycles. The van der Waals surface area contributed by atoms with Gasteiger partial charge in [-0.15, -0.1) is 0 Å². The molecule has 0 spiro atoms. The lowest BCUT2D eigenvalue weighted by Gasteiger charge is -2.20. The Labute approximate surface area is 117 Å². The molecule has 0 bridgehead atoms. The molecule has 102 valence electrons. The van der Waals surface area contributed by atoms with E-state index in [4.69, 9.17) is 0 Å². The monoisotopic (exact) mass is 268 g/mol. The molecule has 0 aromatic heterocycles. The van der Waals surface area contributed by atoms with Crippen molar-refractivity contribution in [2.75, 3.05) is 17.3 Å². The lowest BCUT2D eigenvalue weighted by atomic mass is 10.1. The van der Waals surface area contributed by atoms with Gasteiger partial charge in [-0.2, -0.15) is 0 Å². The molecule has 20 heavy (non-hydrogen) atoms. The van der Waals surface area contributed by atoms with E-state index in [9.17, 15) is 9.90 Å². The zero-order chi connectivity index (χ0) is 14.1. The molecule has 0 aliphatic carbocycles. The van der Waals surface area contributed by atoms with Crippen molar-refractivity contribution < 1.29 is 9.90 Å². The number of aliphatic hydroxyl groups excluding tert-OH is 1. The normalized spacial score (nSPS) is 16.7. The predicted molar refractivity (Wildman–Crippen MR) is 78.6 cm³/mol. The van der Waals surface area contributed by atoms with Crippen molar-refractivity contribution in [3.63, 3.8) is 0 Å². The predicted octanol–water partition coefficient (Wildman–Crippen LogP) is 2.31. The summed E-state index contributed by atoms with van der Waals surface area (Å²) in [6, 6.07) is 15.8. The highest BCUT2D eigenvalue weighted by molar-refractivity contribution is 6.02. The van der Waals surface area contributed by atoms with E-state index in [0.717, 1.165) is 12.2 Å². The third-order valence-corrected chi connectivity index (χ3v) is 3.54. The first kappa shape index (κ1) is 12.7. The number of carbonyl (C=O) groups excluding carboxylic acids is 1. The highest BCUT2D eigenvalue weighted by atomic mass is 16.3. The summed E-state index contributed by atoms with van der Waals surface area (Å²) in [7, 11) is 2.00. The third kappa shape index (κ3) is 2.26. The zero-order valence-corrected chi connectivity index (χ0v) is 11.2. The van der Waals surface area contributed by atoms with Gasteiger partial charge in [-0.1, -0.05) is 36.4 Å². The Morgan fingerprint density at radius 1 is 1.20 bits per heavy atom. The average molecular weight is 268 g/mol. The molecule has 0 radical (unpaired) electrons. The summed E-state index contributed by atoms with van der Waals surface area (Å²) < 4.78 is 0. The molecule has 0 saturated heterocycles. The van der Waals surface area contributed by atoms with Crippen molar-refractivity contribution in [2.24, 2.45) is 0 Å². The van der Waals surface area contributed by atoms with Crippen molar-refractivity contribution in [3.8, 4) is 0 Å². The molecule has 0 fully saturated rings. The first-order valence-electron chi connectivity index (χ1n) is 6.53. The van der Waals surface area contributed by atoms with Gasteiger partial charge in [0.15, 0.2) is 6.10 Å². The maximum Gasteiger partial charge on any atom is 0.257 e. The van der Waals surface area contributed by atoms with Crippen molar-refractivity contribution >= 4 is 17.3 Å². The van der Waals surface area contributed by atoms with E-state index < -0.39 is 6.10 Å². The Morgan fingerprint density at radius 3 is 2.70 bits per heavy atom. The molecule has 2 aromatic rings. The number of hydrogen-bond acceptors (Lipinski definition) is 3. The van der Waals surface area contributed by atoms with Crippen LogP contribution in [0.2, 0.25) is 0 Å². The Hall–Kier alpha value is -2.33. The summed E-state index contributed by atoms with van der Waals surface area (Å²) in [5.74, 6) is -0.358. The molecule has 1 atom stereocenters. The van der Waals surface area contributed by atoms with Crippen LogP contribution < -0.4 is 10.2 Å². The number of amides is 1. The summed E-state index contributed by atoms with van der Waals surface area (Å²) in [4.78, 5) is 13.5. The number of aliphatic hydroxyl groups is 1. The number of benzene rings is 2. The molecular weight excluding hydrogens is 252 g/mol. The maximum atomic E-state index is 11.4. The fourth-order valence-electron chi connectivity index (χ4n) is 2.42. The number of nitrogens with one attached hydrogen (secondary N) is 1. The van der Waals surface area contributed by atoms with Crippen LogP contribution in [0, 0.1) is 0 Å². The van der Waals surface area contributed by atoms with Crippen molar-refractivity contribution in [1.29, 1.82) is 0 Å². The third-order valence-electron chi connectivity index (χ3n) is 3.54. The second kappa shape index (κ2) is 4.98. The van der Waals surface area contributed by atoms with Gasteiger partial charge < -0.3 is 15.3 Å². The Morgan fingerprint density at radius 2 is 1.95 bits per heavy atom. The molecule has 3 rings (SSSR count). The minimum Gasteiger partial charge on any atom is -0.378 e. The van der Waals surface area contributed by atoms with Crippen LogP contribution in [-0.4, -0.2) is 18.1 Å². The largest absolute Gasteiger partial charge is 0.378 e. The van der Waals surface area contributed by atoms with Crippen LogP contribution >= 0.6 is 0 Å². The molecule has 0 saturated carbocycles. The van der Waals surface area contributed by atoms with E-state index in [1.54, 1.807) is 6.07 Å². The molecule has 4 nitrogen and oxygen atoms in total. The van der Waals surface area contributed by atoms with Crippen LogP contribution in [0.1, 0.15) is 17.2 Å². The maximum absolute atomic E-state index is 11.4. The Kier molecular flexibility index (Phi) is 3.16. The molecule has 1 unspecified atom stereocenters. The molecule has 1 amide bonds. The van der Waals surface area contributed by atoms with Gasteiger partial charge >= 0.3 is 0 Å². The first-order chi connectivity index (χ1) is 9.65. The Balaban J connectivity index is 1.82. The zero-order valence-electron chi connectivity index (χ0n) is 11.2. The second-order valence-corrected chi connectivity index (χ2v) is 5.01. The average Bonchev–Trinajstić information content (AvgIpc) is 2.74. The highest BCUT2D eigenvalue weighted by Crippen LogP contribution is 2.33. The van der Waals surface area contributed by atoms with Gasteiger partial charge in [0.25, 0.3) is 5.91 Å². The first-order valence-corrected chi connectivity index (χ1v) is 6.53. The fourth-order valence-corrected chi connectivity index (χ4v) is 2.42. The minimum atomic E-state index is -1.04. The molecule has 4 heteroatoms. The lowest BCUT2D eigenvalue weighted by Crippen LogP contribution is -2.16. The number of fused-ring (bicyclic) bond motifs is 1. The van der Waals surface area contributed by atoms with Crippen LogP contribution in [0.3, 0.4) is 0 Å². The minimum absolute atomic E-state index is 0.358. The summed E-state index contributed by atoms with van der Waals surface area (Å²) >= 11 is 0. The number of nitrogens with zero attached hydrogens (tertiary/aromatic N) is 1. The van der Waals surface area contributed by atoms with Crippen LogP contribution in [0.4, 0.5) is 11.4 Å². The lowest BCUT2D eigenvalue weighted by molar-refractivity contribution is -0.123. The van der Waals surface area contributed by atoms with Gasteiger partial charge in [-0.3, -0.25) is 4.79 Å². The van der Waals surface area contributed by atoms with Gasteiger partial charge in [-0.05, 0) is 17.7 Å². The number of carbonyl (C=O) groups is 1. The molecule has 2 aromatic carbocycles. The van der Waals surface area contributed by atoms with Crippen LogP contribution in [0.15, 0.2) is 48.5 Å². The SMILES string of the molecule is CN(Cc1ccccc1)c1ccc2c(c1)NC(=O)C2O. The molecule has 1 aliphatic heterocycles. The number of anilines is 2. The van der Waals surface area contributed by atoms with E-state index >= 15 is 0 Å². The van der Waals surface area contributed by atoms with Crippen LogP contribution in [0.25, 0.3) is 0 Å². The second-order valence-electron chi connectivity index (χ2n) is 5.01. The summed E-state index contributed by atoms with van der Waals surface area (Å²) in [6.45, 7) is 0.788. The summed E-state index contributed by atoms with van der Waals surface area (Å²) in [6.07, 6.45) is -1.04. The quantitative estimate of drug-likeness (QED) is 0.898. The number of hydrogen-bond donors (Lipinski definition) is 2. The van der Waals surface area contributed by atoms with Crippen molar-refractivity contribution in [1.82, 2.24) is 0 Å². The molecule has 2 N–H and O–H groups in total. The smallest absolute Gasteiger partial charge is 0.257 e. The molecule has 1 aliphatic rings. The summed E-state index contributed by atoms with van der Waals surface area (Å²) in [5, 5.41) is 12.4. The van der Waals surface area contributed by atoms with Crippen LogP contribution in [-0.2, 0) is 11.3 Å². The van der Waals surface area contributed by atoms with Gasteiger partial charge in [0.1, 0.15) is 0 Å². The summed E-state index contributed by atoms with van der Waals surface area (Å²) in [5.41, 5.74) is 3.56. The van der Waals surface area contributed by atoms with Gasteiger partial charge in [0.2, 0.25) is 0 Å². The van der Waals surface area contributed by atoms with E-state index in [1.807, 2.05) is 37.4 Å². The number of rotatable bonds is 3. The standard InChI is InChI=1S/C16H16N2O2/c1-18(10-11-5-3-2-4-6-11)12-7-8-13-14(9-12)17-16(20)15(13)19/h2-9,15,19H,10H2,1H3,(H,17,20). The highest BCUT2D eigenvalue weighted by Gasteiger charge is 2.28. The van der Waals surface area contributed by atoms with E-state index in [2.05, 4.69) is 22.3 Å². The van der Waals surface area contributed by atoms with Gasteiger partial charge in [-0.25, -0.2) is 0 Å². The van der Waals surface area contributed by atoms with E-state index in [1.165, 1.54) is 5.56 Å². The van der Waals surface area contributed by atoms with Crippen molar-refractivity contribution in [2.45, 2.75) is 12.6 Å². The fraction of sp³-hybridized carbons (Fsp3) is 0.188. The van der Waals surface area contributed by atoms with Crippen molar-refractivity contribution in [3.05, 3.63) is 59.7 Å². The topological polar surface area (TPSA) is 52.6 Å². The molecular formula is C16H16N2O2.